The molecule has 1 aromatic rings. The Morgan fingerprint density at radius 2 is 1.94 bits per heavy atom. The van der Waals surface area contributed by atoms with Gasteiger partial charge in [-0.2, -0.15) is 0 Å². The minimum Gasteiger partial charge on any atom is -0.307 e. The third kappa shape index (κ3) is 2.43. The van der Waals surface area contributed by atoms with E-state index in [0.29, 0.717) is 6.04 Å². The molecule has 2 heteroatoms. The lowest BCUT2D eigenvalue weighted by Crippen LogP contribution is -2.35. The molecule has 0 radical (unpaired) electrons. The Labute approximate surface area is 112 Å². The van der Waals surface area contributed by atoms with Crippen LogP contribution in [0.2, 0.25) is 0 Å². The van der Waals surface area contributed by atoms with Crippen LogP contribution in [-0.4, -0.2) is 6.04 Å². The number of nitrogens with one attached hydrogen (secondary N) is 1. The highest BCUT2D eigenvalue weighted by Gasteiger charge is 2.39. The zero-order valence-electron chi connectivity index (χ0n) is 10.3. The SMILES string of the molecule is CC(NC1CC2CCC1C2)c1ccc(Br)cc1. The maximum atomic E-state index is 3.83. The molecule has 2 aliphatic rings. The van der Waals surface area contributed by atoms with Crippen molar-refractivity contribution in [1.29, 1.82) is 0 Å². The Hall–Kier alpha value is -0.340. The third-order valence-corrected chi connectivity index (χ3v) is 5.10. The number of benzene rings is 1. The van der Waals surface area contributed by atoms with Crippen LogP contribution in [0.25, 0.3) is 0 Å². The Morgan fingerprint density at radius 1 is 1.18 bits per heavy atom. The molecule has 2 saturated carbocycles. The van der Waals surface area contributed by atoms with Crippen molar-refractivity contribution in [3.8, 4) is 0 Å². The Bertz CT molecular complexity index is 386. The predicted molar refractivity (Wildman–Crippen MR) is 74.9 cm³/mol. The van der Waals surface area contributed by atoms with Crippen molar-refractivity contribution in [2.75, 3.05) is 0 Å². The number of halogens is 1. The molecule has 1 aromatic carbocycles. The van der Waals surface area contributed by atoms with Crippen LogP contribution < -0.4 is 5.32 Å². The molecule has 0 saturated heterocycles. The number of rotatable bonds is 3. The van der Waals surface area contributed by atoms with E-state index in [1.165, 1.54) is 31.2 Å². The molecule has 3 rings (SSSR count). The van der Waals surface area contributed by atoms with Crippen molar-refractivity contribution >= 4 is 15.9 Å². The van der Waals surface area contributed by atoms with Crippen LogP contribution in [0.15, 0.2) is 28.7 Å². The Morgan fingerprint density at radius 3 is 2.53 bits per heavy atom. The van der Waals surface area contributed by atoms with Crippen LogP contribution in [0.3, 0.4) is 0 Å². The lowest BCUT2D eigenvalue weighted by molar-refractivity contribution is 0.327. The van der Waals surface area contributed by atoms with Gasteiger partial charge in [0.15, 0.2) is 0 Å². The molecule has 2 aliphatic carbocycles. The van der Waals surface area contributed by atoms with Crippen LogP contribution in [-0.2, 0) is 0 Å². The molecule has 2 bridgehead atoms. The summed E-state index contributed by atoms with van der Waals surface area (Å²) in [5.41, 5.74) is 1.40. The van der Waals surface area contributed by atoms with Crippen LogP contribution in [0, 0.1) is 11.8 Å². The van der Waals surface area contributed by atoms with Gasteiger partial charge in [-0.15, -0.1) is 0 Å². The van der Waals surface area contributed by atoms with E-state index in [1.807, 2.05) is 0 Å². The Balaban J connectivity index is 1.63. The second-order valence-corrected chi connectivity index (χ2v) is 6.64. The highest BCUT2D eigenvalue weighted by atomic mass is 79.9. The quantitative estimate of drug-likeness (QED) is 0.877. The fourth-order valence-corrected chi connectivity index (χ4v) is 3.88. The van der Waals surface area contributed by atoms with Gasteiger partial charge in [0.2, 0.25) is 0 Å². The molecule has 4 atom stereocenters. The molecule has 17 heavy (non-hydrogen) atoms. The normalized spacial score (nSPS) is 32.9. The van der Waals surface area contributed by atoms with E-state index in [1.54, 1.807) is 0 Å². The summed E-state index contributed by atoms with van der Waals surface area (Å²) in [5, 5.41) is 3.83. The minimum absolute atomic E-state index is 0.479. The zero-order valence-corrected chi connectivity index (χ0v) is 11.9. The van der Waals surface area contributed by atoms with Gasteiger partial charge in [-0.25, -0.2) is 0 Å². The van der Waals surface area contributed by atoms with E-state index >= 15 is 0 Å². The summed E-state index contributed by atoms with van der Waals surface area (Å²) < 4.78 is 1.16. The van der Waals surface area contributed by atoms with Gasteiger partial charge in [-0.05, 0) is 55.7 Å². The largest absolute Gasteiger partial charge is 0.307 e. The molecule has 2 fully saturated rings. The highest BCUT2D eigenvalue weighted by Crippen LogP contribution is 2.45. The first-order chi connectivity index (χ1) is 8.22. The van der Waals surface area contributed by atoms with E-state index in [2.05, 4.69) is 52.4 Å². The van der Waals surface area contributed by atoms with Gasteiger partial charge < -0.3 is 5.32 Å². The summed E-state index contributed by atoms with van der Waals surface area (Å²) in [4.78, 5) is 0. The third-order valence-electron chi connectivity index (χ3n) is 4.57. The first-order valence-electron chi connectivity index (χ1n) is 6.74. The average molecular weight is 294 g/mol. The van der Waals surface area contributed by atoms with Crippen molar-refractivity contribution in [3.05, 3.63) is 34.3 Å². The monoisotopic (exact) mass is 293 g/mol. The van der Waals surface area contributed by atoms with Crippen molar-refractivity contribution < 1.29 is 0 Å². The van der Waals surface area contributed by atoms with Gasteiger partial charge in [0.05, 0.1) is 0 Å². The van der Waals surface area contributed by atoms with Gasteiger partial charge in [0.25, 0.3) is 0 Å². The van der Waals surface area contributed by atoms with Crippen LogP contribution in [0.5, 0.6) is 0 Å². The molecule has 0 spiro atoms. The smallest absolute Gasteiger partial charge is 0.0294 e. The molecule has 4 unspecified atom stereocenters. The van der Waals surface area contributed by atoms with E-state index in [4.69, 9.17) is 0 Å². The lowest BCUT2D eigenvalue weighted by atomic mass is 9.94. The van der Waals surface area contributed by atoms with Crippen LogP contribution >= 0.6 is 15.9 Å². The van der Waals surface area contributed by atoms with E-state index in [0.717, 1.165) is 22.4 Å². The summed E-state index contributed by atoms with van der Waals surface area (Å²) >= 11 is 3.49. The molecule has 0 aliphatic heterocycles. The maximum absolute atomic E-state index is 3.83. The topological polar surface area (TPSA) is 12.0 Å². The van der Waals surface area contributed by atoms with Crippen molar-refractivity contribution in [2.24, 2.45) is 11.8 Å². The first kappa shape index (κ1) is 11.7. The highest BCUT2D eigenvalue weighted by molar-refractivity contribution is 9.10. The summed E-state index contributed by atoms with van der Waals surface area (Å²) in [6, 6.07) is 9.95. The average Bonchev–Trinajstić information content (AvgIpc) is 2.91. The predicted octanol–water partition coefficient (Wildman–Crippen LogP) is 4.29. The summed E-state index contributed by atoms with van der Waals surface area (Å²) in [5.74, 6) is 1.98. The van der Waals surface area contributed by atoms with E-state index in [9.17, 15) is 0 Å². The molecule has 1 nitrogen and oxygen atoms in total. The van der Waals surface area contributed by atoms with Crippen molar-refractivity contribution in [1.82, 2.24) is 5.32 Å². The lowest BCUT2D eigenvalue weighted by Gasteiger charge is -2.27. The van der Waals surface area contributed by atoms with E-state index in [-0.39, 0.29) is 0 Å². The van der Waals surface area contributed by atoms with E-state index < -0.39 is 0 Å². The fourth-order valence-electron chi connectivity index (χ4n) is 3.62. The van der Waals surface area contributed by atoms with Gasteiger partial charge in [0, 0.05) is 16.6 Å². The minimum atomic E-state index is 0.479. The second kappa shape index (κ2) is 4.74. The molecule has 0 amide bonds. The molecule has 1 N–H and O–H groups in total. The van der Waals surface area contributed by atoms with Crippen molar-refractivity contribution in [2.45, 2.75) is 44.7 Å². The van der Waals surface area contributed by atoms with Gasteiger partial charge >= 0.3 is 0 Å². The van der Waals surface area contributed by atoms with Gasteiger partial charge in [-0.1, -0.05) is 34.5 Å². The number of hydrogen-bond donors (Lipinski definition) is 1. The zero-order chi connectivity index (χ0) is 11.8. The Kier molecular flexibility index (Phi) is 3.27. The molecular formula is C15H20BrN. The fraction of sp³-hybridized carbons (Fsp3) is 0.600. The van der Waals surface area contributed by atoms with Crippen molar-refractivity contribution in [3.63, 3.8) is 0 Å². The maximum Gasteiger partial charge on any atom is 0.0294 e. The molecule has 92 valence electrons. The van der Waals surface area contributed by atoms with Crippen LogP contribution in [0.1, 0.15) is 44.2 Å². The molecule has 0 heterocycles. The first-order valence-corrected chi connectivity index (χ1v) is 7.53. The van der Waals surface area contributed by atoms with Crippen LogP contribution in [0.4, 0.5) is 0 Å². The summed E-state index contributed by atoms with van der Waals surface area (Å²) in [7, 11) is 0. The van der Waals surface area contributed by atoms with Gasteiger partial charge in [-0.3, -0.25) is 0 Å². The number of fused-ring (bicyclic) bond motifs is 2. The second-order valence-electron chi connectivity index (χ2n) is 5.72. The summed E-state index contributed by atoms with van der Waals surface area (Å²) in [6.45, 7) is 2.29. The number of hydrogen-bond acceptors (Lipinski definition) is 1. The molecule has 0 aromatic heterocycles. The van der Waals surface area contributed by atoms with Gasteiger partial charge in [0.1, 0.15) is 0 Å². The summed E-state index contributed by atoms with van der Waals surface area (Å²) in [6.07, 6.45) is 5.82. The standard InChI is InChI=1S/C15H20BrN/c1-10(12-4-6-14(16)7-5-12)17-15-9-11-2-3-13(15)8-11/h4-7,10-11,13,15,17H,2-3,8-9H2,1H3. The molecular weight excluding hydrogens is 274 g/mol.